The topological polar surface area (TPSA) is 88.0 Å². The molecule has 0 spiro atoms. The van der Waals surface area contributed by atoms with E-state index in [1.807, 2.05) is 6.07 Å². The van der Waals surface area contributed by atoms with Crippen LogP contribution in [-0.4, -0.2) is 16.3 Å². The van der Waals surface area contributed by atoms with E-state index in [1.165, 1.54) is 6.07 Å². The maximum Gasteiger partial charge on any atom is 0.170 e. The molecule has 2 N–H and O–H groups in total. The zero-order valence-corrected chi connectivity index (χ0v) is 8.18. The highest BCUT2D eigenvalue weighted by Crippen LogP contribution is 2.21. The first-order valence-electron chi connectivity index (χ1n) is 4.36. The summed E-state index contributed by atoms with van der Waals surface area (Å²) >= 11 is 0. The second-order valence-electron chi connectivity index (χ2n) is 3.22. The molecular weight excluding hydrogens is 192 g/mol. The van der Waals surface area contributed by atoms with Crippen molar-refractivity contribution in [1.29, 1.82) is 10.5 Å². The minimum absolute atomic E-state index is 0.266. The fourth-order valence-electron chi connectivity index (χ4n) is 1.27. The van der Waals surface area contributed by atoms with Gasteiger partial charge < -0.3 is 10.2 Å². The van der Waals surface area contributed by atoms with Crippen molar-refractivity contribution in [2.24, 2.45) is 0 Å². The van der Waals surface area contributed by atoms with Crippen LogP contribution in [0.15, 0.2) is 18.2 Å². The molecule has 1 rings (SSSR count). The Hall–Kier alpha value is -1.88. The second-order valence-corrected chi connectivity index (χ2v) is 3.22. The minimum atomic E-state index is -1.51. The van der Waals surface area contributed by atoms with Gasteiger partial charge in [-0.2, -0.15) is 10.5 Å². The molecular formula is C11H10N2O2. The maximum atomic E-state index is 9.60. The Morgan fingerprint density at radius 2 is 1.93 bits per heavy atom. The third kappa shape index (κ3) is 2.32. The van der Waals surface area contributed by atoms with Crippen molar-refractivity contribution < 1.29 is 10.2 Å². The number of aliphatic hydroxyl groups is 2. The van der Waals surface area contributed by atoms with E-state index < -0.39 is 12.2 Å². The molecule has 0 saturated heterocycles. The average molecular weight is 202 g/mol. The molecule has 1 aromatic rings. The summed E-state index contributed by atoms with van der Waals surface area (Å²) in [5.41, 5.74) is 1.40. The van der Waals surface area contributed by atoms with E-state index in [1.54, 1.807) is 25.1 Å². The summed E-state index contributed by atoms with van der Waals surface area (Å²) in [7, 11) is 0. The number of rotatable bonds is 2. The largest absolute Gasteiger partial charge is 0.385 e. The van der Waals surface area contributed by atoms with E-state index in [9.17, 15) is 10.2 Å². The third-order valence-corrected chi connectivity index (χ3v) is 2.08. The summed E-state index contributed by atoms with van der Waals surface area (Å²) in [5, 5.41) is 36.0. The first kappa shape index (κ1) is 11.2. The molecule has 4 nitrogen and oxygen atoms in total. The van der Waals surface area contributed by atoms with Crippen LogP contribution in [0.5, 0.6) is 0 Å². The molecule has 0 heterocycles. The smallest absolute Gasteiger partial charge is 0.170 e. The van der Waals surface area contributed by atoms with Gasteiger partial charge in [-0.15, -0.1) is 0 Å². The van der Waals surface area contributed by atoms with Gasteiger partial charge in [0.05, 0.1) is 17.7 Å². The van der Waals surface area contributed by atoms with Crippen LogP contribution in [-0.2, 0) is 0 Å². The lowest BCUT2D eigenvalue weighted by atomic mass is 9.98. The molecule has 76 valence electrons. The van der Waals surface area contributed by atoms with Crippen LogP contribution in [0.4, 0.5) is 0 Å². The van der Waals surface area contributed by atoms with Gasteiger partial charge in [-0.25, -0.2) is 0 Å². The van der Waals surface area contributed by atoms with Crippen LogP contribution in [0.1, 0.15) is 22.8 Å². The fraction of sp³-hybridized carbons (Fsp3) is 0.273. The molecule has 1 aromatic carbocycles. The van der Waals surface area contributed by atoms with Gasteiger partial charge in [-0.05, 0) is 13.0 Å². The number of hydrogen-bond donors (Lipinski definition) is 2. The Kier molecular flexibility index (Phi) is 3.41. The molecule has 15 heavy (non-hydrogen) atoms. The van der Waals surface area contributed by atoms with Gasteiger partial charge in [-0.1, -0.05) is 17.7 Å². The molecule has 2 unspecified atom stereocenters. The average Bonchev–Trinajstić information content (AvgIpc) is 2.27. The lowest BCUT2D eigenvalue weighted by Crippen LogP contribution is -2.17. The predicted octanol–water partition coefficient (Wildman–Crippen LogP) is 0.785. The van der Waals surface area contributed by atoms with Crippen molar-refractivity contribution in [1.82, 2.24) is 0 Å². The van der Waals surface area contributed by atoms with E-state index in [2.05, 4.69) is 0 Å². The number of aliphatic hydroxyl groups excluding tert-OH is 2. The Bertz CT molecular complexity index is 443. The monoisotopic (exact) mass is 202 g/mol. The maximum absolute atomic E-state index is 9.60. The van der Waals surface area contributed by atoms with Gasteiger partial charge >= 0.3 is 0 Å². The summed E-state index contributed by atoms with van der Waals surface area (Å²) in [6.45, 7) is 1.80. The Morgan fingerprint density at radius 1 is 1.27 bits per heavy atom. The quantitative estimate of drug-likeness (QED) is 0.694. The van der Waals surface area contributed by atoms with E-state index in [0.717, 1.165) is 5.56 Å². The van der Waals surface area contributed by atoms with Crippen LogP contribution in [0.2, 0.25) is 0 Å². The zero-order chi connectivity index (χ0) is 11.4. The number of hydrogen-bond acceptors (Lipinski definition) is 4. The van der Waals surface area contributed by atoms with Crippen LogP contribution in [0.25, 0.3) is 0 Å². The lowest BCUT2D eigenvalue weighted by molar-refractivity contribution is 0.0526. The van der Waals surface area contributed by atoms with Gasteiger partial charge in [0.25, 0.3) is 0 Å². The van der Waals surface area contributed by atoms with Gasteiger partial charge in [0.15, 0.2) is 6.10 Å². The third-order valence-electron chi connectivity index (χ3n) is 2.08. The Morgan fingerprint density at radius 3 is 2.47 bits per heavy atom. The normalized spacial score (nSPS) is 13.7. The number of benzene rings is 1. The van der Waals surface area contributed by atoms with Crippen molar-refractivity contribution in [3.05, 3.63) is 34.9 Å². The summed E-state index contributed by atoms with van der Waals surface area (Å²) in [5.74, 6) is 0. The van der Waals surface area contributed by atoms with Gasteiger partial charge in [0, 0.05) is 5.56 Å². The molecule has 0 aromatic heterocycles. The number of nitrogens with zero attached hydrogens (tertiary/aromatic N) is 2. The summed E-state index contributed by atoms with van der Waals surface area (Å²) in [6.07, 6.45) is -2.86. The van der Waals surface area contributed by atoms with Crippen LogP contribution in [0.3, 0.4) is 0 Å². The van der Waals surface area contributed by atoms with Gasteiger partial charge in [-0.3, -0.25) is 0 Å². The molecule has 0 fully saturated rings. The first-order chi connectivity index (χ1) is 7.10. The standard InChI is InChI=1S/C11H10N2O2/c1-7-2-3-8(5-12)9(4-7)11(15)10(14)6-13/h2-4,10-11,14-15H,1H3. The van der Waals surface area contributed by atoms with Crippen molar-refractivity contribution >= 4 is 0 Å². The van der Waals surface area contributed by atoms with Gasteiger partial charge in [0.2, 0.25) is 0 Å². The molecule has 0 aliphatic carbocycles. The summed E-state index contributed by atoms with van der Waals surface area (Å²) < 4.78 is 0. The van der Waals surface area contributed by atoms with E-state index in [4.69, 9.17) is 10.5 Å². The van der Waals surface area contributed by atoms with E-state index >= 15 is 0 Å². The summed E-state index contributed by atoms with van der Waals surface area (Å²) in [4.78, 5) is 0. The van der Waals surface area contributed by atoms with Gasteiger partial charge in [0.1, 0.15) is 6.10 Å². The fourth-order valence-corrected chi connectivity index (χ4v) is 1.27. The number of aryl methyl sites for hydroxylation is 1. The Labute approximate surface area is 87.6 Å². The SMILES string of the molecule is Cc1ccc(C#N)c(C(O)C(O)C#N)c1. The highest BCUT2D eigenvalue weighted by atomic mass is 16.3. The summed E-state index contributed by atoms with van der Waals surface area (Å²) in [6, 6.07) is 8.30. The first-order valence-corrected chi connectivity index (χ1v) is 4.36. The Balaban J connectivity index is 3.19. The van der Waals surface area contributed by atoms with Crippen molar-refractivity contribution in [2.75, 3.05) is 0 Å². The van der Waals surface area contributed by atoms with Crippen LogP contribution in [0, 0.1) is 29.6 Å². The van der Waals surface area contributed by atoms with Crippen LogP contribution < -0.4 is 0 Å². The highest BCUT2D eigenvalue weighted by Gasteiger charge is 2.20. The molecule has 0 saturated carbocycles. The van der Waals surface area contributed by atoms with Crippen molar-refractivity contribution in [2.45, 2.75) is 19.1 Å². The molecule has 0 amide bonds. The minimum Gasteiger partial charge on any atom is -0.385 e. The lowest BCUT2D eigenvalue weighted by Gasteiger charge is -2.13. The van der Waals surface area contributed by atoms with E-state index in [0.29, 0.717) is 0 Å². The number of nitriles is 2. The molecule has 4 heteroatoms. The predicted molar refractivity (Wildman–Crippen MR) is 52.5 cm³/mol. The molecule has 0 bridgehead atoms. The van der Waals surface area contributed by atoms with Crippen molar-refractivity contribution in [3.8, 4) is 12.1 Å². The molecule has 2 atom stereocenters. The van der Waals surface area contributed by atoms with Crippen molar-refractivity contribution in [3.63, 3.8) is 0 Å². The molecule has 0 aliphatic rings. The highest BCUT2D eigenvalue weighted by molar-refractivity contribution is 5.42. The molecule has 0 aliphatic heterocycles. The van der Waals surface area contributed by atoms with E-state index in [-0.39, 0.29) is 11.1 Å². The van der Waals surface area contributed by atoms with Crippen LogP contribution >= 0.6 is 0 Å². The second kappa shape index (κ2) is 4.56. The zero-order valence-electron chi connectivity index (χ0n) is 8.18. The molecule has 0 radical (unpaired) electrons.